The quantitative estimate of drug-likeness (QED) is 0.400. The summed E-state index contributed by atoms with van der Waals surface area (Å²) in [6.45, 7) is 1.77. The van der Waals surface area contributed by atoms with E-state index in [1.165, 1.54) is 34.0 Å². The predicted molar refractivity (Wildman–Crippen MR) is 101 cm³/mol. The number of carbonyl (C=O) groups excluding carboxylic acids is 1. The zero-order valence-corrected chi connectivity index (χ0v) is 15.3. The van der Waals surface area contributed by atoms with E-state index in [9.17, 15) is 4.79 Å². The summed E-state index contributed by atoms with van der Waals surface area (Å²) in [4.78, 5) is 16.9. The van der Waals surface area contributed by atoms with E-state index in [1.54, 1.807) is 19.1 Å². The summed E-state index contributed by atoms with van der Waals surface area (Å²) in [5.41, 5.74) is 0.859. The number of nitrogen functional groups attached to an aromatic ring is 1. The average molecular weight is 386 g/mol. The number of thioether (sulfide) groups is 1. The van der Waals surface area contributed by atoms with Crippen molar-refractivity contribution in [2.24, 2.45) is 0 Å². The fourth-order valence-corrected chi connectivity index (χ4v) is 3.91. The van der Waals surface area contributed by atoms with Crippen molar-refractivity contribution in [2.75, 3.05) is 11.2 Å². The third-order valence-electron chi connectivity index (χ3n) is 3.58. The first-order valence-corrected chi connectivity index (χ1v) is 9.39. The number of nitrogens with one attached hydrogen (secondary N) is 1. The number of thiazole rings is 1. The highest BCUT2D eigenvalue weighted by atomic mass is 32.2. The normalized spacial score (nSPS) is 12.3. The molecule has 26 heavy (non-hydrogen) atoms. The maximum absolute atomic E-state index is 12.5. The molecule has 0 fully saturated rings. The number of para-hydroxylation sites is 1. The van der Waals surface area contributed by atoms with Gasteiger partial charge in [0.15, 0.2) is 10.9 Å². The zero-order valence-electron chi connectivity index (χ0n) is 13.6. The Balaban J connectivity index is 1.46. The first kappa shape index (κ1) is 16.6. The second-order valence-corrected chi connectivity index (χ2v) is 7.73. The predicted octanol–water partition coefficient (Wildman–Crippen LogP) is 2.98. The summed E-state index contributed by atoms with van der Waals surface area (Å²) < 4.78 is 7.61. The molecule has 1 amide bonds. The van der Waals surface area contributed by atoms with Crippen LogP contribution < -0.4 is 11.2 Å². The van der Waals surface area contributed by atoms with Crippen LogP contribution in [-0.4, -0.2) is 31.0 Å². The number of nitrogens with two attached hydrogens (primary N) is 1. The maximum atomic E-state index is 12.5. The Morgan fingerprint density at radius 3 is 2.92 bits per heavy atom. The SMILES string of the molecule is C[C@H](Sc1nnc(-c2ccco2)n1N)C(=O)Nc1nc2ccccc2s1. The highest BCUT2D eigenvalue weighted by Crippen LogP contribution is 2.28. The van der Waals surface area contributed by atoms with Gasteiger partial charge in [0.25, 0.3) is 0 Å². The van der Waals surface area contributed by atoms with Crippen LogP contribution in [0.1, 0.15) is 6.92 Å². The van der Waals surface area contributed by atoms with Crippen LogP contribution in [0.25, 0.3) is 21.8 Å². The first-order valence-electron chi connectivity index (χ1n) is 7.69. The fraction of sp³-hybridized carbons (Fsp3) is 0.125. The van der Waals surface area contributed by atoms with Gasteiger partial charge in [-0.25, -0.2) is 9.66 Å². The minimum atomic E-state index is -0.432. The lowest BCUT2D eigenvalue weighted by atomic mass is 10.3. The van der Waals surface area contributed by atoms with Crippen molar-refractivity contribution in [3.63, 3.8) is 0 Å². The van der Waals surface area contributed by atoms with Crippen molar-refractivity contribution in [1.82, 2.24) is 19.9 Å². The summed E-state index contributed by atoms with van der Waals surface area (Å²) in [5.74, 6) is 6.74. The van der Waals surface area contributed by atoms with Gasteiger partial charge in [-0.1, -0.05) is 35.2 Å². The van der Waals surface area contributed by atoms with Crippen LogP contribution in [0.4, 0.5) is 5.13 Å². The summed E-state index contributed by atoms with van der Waals surface area (Å²) in [6.07, 6.45) is 1.53. The summed E-state index contributed by atoms with van der Waals surface area (Å²) >= 11 is 2.64. The Morgan fingerprint density at radius 2 is 2.15 bits per heavy atom. The van der Waals surface area contributed by atoms with Crippen LogP contribution in [0.5, 0.6) is 0 Å². The molecule has 1 atom stereocenters. The van der Waals surface area contributed by atoms with Gasteiger partial charge in [-0.15, -0.1) is 10.2 Å². The first-order chi connectivity index (χ1) is 12.6. The Bertz CT molecular complexity index is 1020. The molecular formula is C16H14N6O2S2. The number of furan rings is 1. The molecule has 3 aromatic heterocycles. The van der Waals surface area contributed by atoms with Crippen LogP contribution in [0, 0.1) is 0 Å². The lowest BCUT2D eigenvalue weighted by Gasteiger charge is -2.09. The van der Waals surface area contributed by atoms with E-state index in [2.05, 4.69) is 20.5 Å². The van der Waals surface area contributed by atoms with E-state index in [4.69, 9.17) is 10.3 Å². The second kappa shape index (κ2) is 6.81. The lowest BCUT2D eigenvalue weighted by molar-refractivity contribution is -0.115. The molecule has 132 valence electrons. The van der Waals surface area contributed by atoms with Crippen molar-refractivity contribution < 1.29 is 9.21 Å². The number of carbonyl (C=O) groups is 1. The number of fused-ring (bicyclic) bond motifs is 1. The molecule has 4 aromatic rings. The molecule has 0 saturated carbocycles. The summed E-state index contributed by atoms with van der Waals surface area (Å²) in [5, 5.41) is 11.4. The maximum Gasteiger partial charge on any atom is 0.239 e. The summed E-state index contributed by atoms with van der Waals surface area (Å²) in [7, 11) is 0. The third kappa shape index (κ3) is 3.16. The van der Waals surface area contributed by atoms with Crippen molar-refractivity contribution in [1.29, 1.82) is 0 Å². The number of aromatic nitrogens is 4. The highest BCUT2D eigenvalue weighted by molar-refractivity contribution is 8.00. The molecule has 0 aliphatic rings. The third-order valence-corrected chi connectivity index (χ3v) is 5.59. The Labute approximate surface area is 156 Å². The largest absolute Gasteiger partial charge is 0.461 e. The minimum absolute atomic E-state index is 0.184. The smallest absolute Gasteiger partial charge is 0.239 e. The van der Waals surface area contributed by atoms with E-state index in [-0.39, 0.29) is 5.91 Å². The molecule has 0 aliphatic carbocycles. The van der Waals surface area contributed by atoms with Gasteiger partial charge in [0.05, 0.1) is 21.7 Å². The van der Waals surface area contributed by atoms with Crippen LogP contribution >= 0.6 is 23.1 Å². The van der Waals surface area contributed by atoms with Crippen LogP contribution in [0.3, 0.4) is 0 Å². The number of hydrogen-bond donors (Lipinski definition) is 2. The second-order valence-electron chi connectivity index (χ2n) is 5.39. The van der Waals surface area contributed by atoms with Gasteiger partial charge in [-0.3, -0.25) is 4.79 Å². The number of anilines is 1. The number of nitrogens with zero attached hydrogens (tertiary/aromatic N) is 4. The van der Waals surface area contributed by atoms with Crippen molar-refractivity contribution >= 4 is 44.4 Å². The van der Waals surface area contributed by atoms with Gasteiger partial charge >= 0.3 is 0 Å². The fourth-order valence-electron chi connectivity index (χ4n) is 2.28. The molecule has 0 radical (unpaired) electrons. The molecule has 10 heteroatoms. The number of amides is 1. The topological polar surface area (TPSA) is 112 Å². The lowest BCUT2D eigenvalue weighted by Crippen LogP contribution is -2.23. The van der Waals surface area contributed by atoms with Crippen LogP contribution in [0.15, 0.2) is 52.2 Å². The van der Waals surface area contributed by atoms with Gasteiger partial charge in [0.1, 0.15) is 0 Å². The van der Waals surface area contributed by atoms with E-state index < -0.39 is 5.25 Å². The Hall–Kier alpha value is -2.85. The van der Waals surface area contributed by atoms with Crippen molar-refractivity contribution in [2.45, 2.75) is 17.3 Å². The average Bonchev–Trinajstić information content (AvgIpc) is 3.35. The molecule has 3 N–H and O–H groups in total. The summed E-state index contributed by atoms with van der Waals surface area (Å²) in [6, 6.07) is 11.2. The molecule has 0 saturated heterocycles. The molecule has 1 aromatic carbocycles. The van der Waals surface area contributed by atoms with Gasteiger partial charge in [0, 0.05) is 0 Å². The molecule has 0 bridgehead atoms. The van der Waals surface area contributed by atoms with Crippen LogP contribution in [-0.2, 0) is 4.79 Å². The van der Waals surface area contributed by atoms with Crippen molar-refractivity contribution in [3.05, 3.63) is 42.7 Å². The number of hydrogen-bond acceptors (Lipinski definition) is 8. The molecule has 0 aliphatic heterocycles. The van der Waals surface area contributed by atoms with Gasteiger partial charge in [-0.2, -0.15) is 0 Å². The van der Waals surface area contributed by atoms with E-state index in [1.807, 2.05) is 24.3 Å². The zero-order chi connectivity index (χ0) is 18.1. The molecular weight excluding hydrogens is 372 g/mol. The molecule has 0 spiro atoms. The number of rotatable bonds is 5. The van der Waals surface area contributed by atoms with E-state index in [0.717, 1.165) is 10.2 Å². The molecule has 4 rings (SSSR count). The highest BCUT2D eigenvalue weighted by Gasteiger charge is 2.21. The van der Waals surface area contributed by atoms with E-state index >= 15 is 0 Å². The molecule has 8 nitrogen and oxygen atoms in total. The number of benzene rings is 1. The minimum Gasteiger partial charge on any atom is -0.461 e. The molecule has 0 unspecified atom stereocenters. The Morgan fingerprint density at radius 1 is 1.31 bits per heavy atom. The van der Waals surface area contributed by atoms with Crippen LogP contribution in [0.2, 0.25) is 0 Å². The van der Waals surface area contributed by atoms with E-state index in [0.29, 0.717) is 21.9 Å². The van der Waals surface area contributed by atoms with Gasteiger partial charge in [-0.05, 0) is 31.2 Å². The molecule has 3 heterocycles. The van der Waals surface area contributed by atoms with Crippen molar-refractivity contribution in [3.8, 4) is 11.6 Å². The standard InChI is InChI=1S/C16H14N6O2S2/c1-9(14(23)19-15-18-10-5-2-3-7-12(10)26-15)25-16-21-20-13(22(16)17)11-6-4-8-24-11/h2-9H,17H2,1H3,(H,18,19,23)/t9-/m0/s1. The Kier molecular flexibility index (Phi) is 4.35. The van der Waals surface area contributed by atoms with Gasteiger partial charge < -0.3 is 15.6 Å². The van der Waals surface area contributed by atoms with Gasteiger partial charge in [0.2, 0.25) is 16.9 Å². The monoisotopic (exact) mass is 386 g/mol.